The van der Waals surface area contributed by atoms with E-state index in [1.165, 1.54) is 13.2 Å². The second kappa shape index (κ2) is 8.55. The van der Waals surface area contributed by atoms with Crippen LogP contribution in [-0.2, 0) is 11.2 Å². The number of carbonyl (C=O) groups excluding carboxylic acids is 1. The fraction of sp³-hybridized carbons (Fsp3) is 0.200. The zero-order chi connectivity index (χ0) is 18.2. The quantitative estimate of drug-likeness (QED) is 0.643. The average molecular weight is 336 g/mol. The van der Waals surface area contributed by atoms with Crippen LogP contribution in [0.3, 0.4) is 0 Å². The molecule has 128 valence electrons. The molecule has 2 rings (SSSR count). The number of methoxy groups -OCH3 is 2. The third kappa shape index (κ3) is 4.39. The van der Waals surface area contributed by atoms with Crippen LogP contribution in [0.25, 0.3) is 6.08 Å². The molecular weight excluding hydrogens is 316 g/mol. The van der Waals surface area contributed by atoms with Gasteiger partial charge in [0.2, 0.25) is 0 Å². The summed E-state index contributed by atoms with van der Waals surface area (Å²) in [6.45, 7) is 2.01. The van der Waals surface area contributed by atoms with Crippen molar-refractivity contribution in [2.24, 2.45) is 0 Å². The first kappa shape index (κ1) is 18.1. The van der Waals surface area contributed by atoms with Gasteiger partial charge >= 0.3 is 0 Å². The molecule has 0 saturated carbocycles. The lowest BCUT2D eigenvalue weighted by Crippen LogP contribution is -2.14. The maximum absolute atomic E-state index is 12.5. The highest BCUT2D eigenvalue weighted by molar-refractivity contribution is 6.10. The highest BCUT2D eigenvalue weighted by Gasteiger charge is 2.13. The highest BCUT2D eigenvalue weighted by Crippen LogP contribution is 2.26. The normalized spacial score (nSPS) is 10.7. The zero-order valence-electron chi connectivity index (χ0n) is 14.5. The summed E-state index contributed by atoms with van der Waals surface area (Å²) in [4.78, 5) is 12.5. The van der Waals surface area contributed by atoms with Crippen molar-refractivity contribution in [2.45, 2.75) is 13.3 Å². The molecule has 0 heterocycles. The van der Waals surface area contributed by atoms with E-state index < -0.39 is 5.91 Å². The summed E-state index contributed by atoms with van der Waals surface area (Å²) < 4.78 is 10.5. The van der Waals surface area contributed by atoms with Gasteiger partial charge in [-0.15, -0.1) is 0 Å². The SMILES string of the molecule is CCc1ccccc1NC(=O)C(C#N)=Cc1cc(OC)ccc1OC. The molecule has 5 heteroatoms. The number of carbonyl (C=O) groups is 1. The zero-order valence-corrected chi connectivity index (χ0v) is 14.5. The molecular formula is C20H20N2O3. The van der Waals surface area contributed by atoms with E-state index >= 15 is 0 Å². The van der Waals surface area contributed by atoms with Crippen LogP contribution in [0.2, 0.25) is 0 Å². The van der Waals surface area contributed by atoms with Gasteiger partial charge in [0.25, 0.3) is 5.91 Å². The Morgan fingerprint density at radius 2 is 1.96 bits per heavy atom. The van der Waals surface area contributed by atoms with Gasteiger partial charge in [-0.3, -0.25) is 4.79 Å². The lowest BCUT2D eigenvalue weighted by molar-refractivity contribution is -0.112. The third-order valence-corrected chi connectivity index (χ3v) is 3.75. The minimum Gasteiger partial charge on any atom is -0.497 e. The van der Waals surface area contributed by atoms with E-state index in [1.807, 2.05) is 37.3 Å². The molecule has 0 saturated heterocycles. The molecule has 0 fully saturated rings. The summed E-state index contributed by atoms with van der Waals surface area (Å²) >= 11 is 0. The summed E-state index contributed by atoms with van der Waals surface area (Å²) in [7, 11) is 3.08. The Hall–Kier alpha value is -3.26. The van der Waals surface area contributed by atoms with Gasteiger partial charge in [-0.1, -0.05) is 25.1 Å². The van der Waals surface area contributed by atoms with E-state index in [-0.39, 0.29) is 5.57 Å². The van der Waals surface area contributed by atoms with Crippen molar-refractivity contribution < 1.29 is 14.3 Å². The number of nitriles is 1. The third-order valence-electron chi connectivity index (χ3n) is 3.75. The minimum atomic E-state index is -0.465. The summed E-state index contributed by atoms with van der Waals surface area (Å²) in [6, 6.07) is 14.7. The van der Waals surface area contributed by atoms with Gasteiger partial charge in [-0.05, 0) is 42.3 Å². The summed E-state index contributed by atoms with van der Waals surface area (Å²) in [5.41, 5.74) is 2.29. The lowest BCUT2D eigenvalue weighted by atomic mass is 10.1. The van der Waals surface area contributed by atoms with E-state index in [0.717, 1.165) is 12.0 Å². The number of benzene rings is 2. The number of hydrogen-bond acceptors (Lipinski definition) is 4. The Balaban J connectivity index is 2.34. The van der Waals surface area contributed by atoms with E-state index in [1.54, 1.807) is 25.3 Å². The van der Waals surface area contributed by atoms with Gasteiger partial charge < -0.3 is 14.8 Å². The Kier molecular flexibility index (Phi) is 6.19. The molecule has 0 aliphatic rings. The maximum Gasteiger partial charge on any atom is 0.266 e. The maximum atomic E-state index is 12.5. The van der Waals surface area contributed by atoms with Crippen molar-refractivity contribution in [3.63, 3.8) is 0 Å². The van der Waals surface area contributed by atoms with Crippen LogP contribution in [0.4, 0.5) is 5.69 Å². The summed E-state index contributed by atoms with van der Waals surface area (Å²) in [5, 5.41) is 12.2. The van der Waals surface area contributed by atoms with Crippen molar-refractivity contribution in [3.05, 3.63) is 59.2 Å². The predicted molar refractivity (Wildman–Crippen MR) is 97.6 cm³/mol. The average Bonchev–Trinajstić information content (AvgIpc) is 2.66. The van der Waals surface area contributed by atoms with E-state index in [2.05, 4.69) is 5.32 Å². The molecule has 5 nitrogen and oxygen atoms in total. The summed E-state index contributed by atoms with van der Waals surface area (Å²) in [6.07, 6.45) is 2.27. The number of hydrogen-bond donors (Lipinski definition) is 1. The molecule has 0 bridgehead atoms. The number of ether oxygens (including phenoxy) is 2. The number of aryl methyl sites for hydroxylation is 1. The predicted octanol–water partition coefficient (Wildman–Crippen LogP) is 3.81. The van der Waals surface area contributed by atoms with Crippen molar-refractivity contribution >= 4 is 17.7 Å². The van der Waals surface area contributed by atoms with Crippen LogP contribution in [-0.4, -0.2) is 20.1 Å². The molecule has 0 spiro atoms. The van der Waals surface area contributed by atoms with Gasteiger partial charge in [-0.2, -0.15) is 5.26 Å². The molecule has 1 N–H and O–H groups in total. The lowest BCUT2D eigenvalue weighted by Gasteiger charge is -2.10. The molecule has 0 aromatic heterocycles. The fourth-order valence-electron chi connectivity index (χ4n) is 2.40. The van der Waals surface area contributed by atoms with Gasteiger partial charge in [0.1, 0.15) is 23.1 Å². The molecule has 0 radical (unpaired) electrons. The molecule has 1 amide bonds. The van der Waals surface area contributed by atoms with E-state index in [9.17, 15) is 10.1 Å². The fourth-order valence-corrected chi connectivity index (χ4v) is 2.40. The first-order valence-electron chi connectivity index (χ1n) is 7.86. The second-order valence-electron chi connectivity index (χ2n) is 5.24. The first-order chi connectivity index (χ1) is 12.1. The number of anilines is 1. The Bertz CT molecular complexity index is 835. The van der Waals surface area contributed by atoms with Crippen molar-refractivity contribution in [3.8, 4) is 17.6 Å². The molecule has 0 aliphatic heterocycles. The van der Waals surface area contributed by atoms with Crippen LogP contribution in [0.1, 0.15) is 18.1 Å². The Morgan fingerprint density at radius 1 is 1.20 bits per heavy atom. The Labute approximate surface area is 147 Å². The highest BCUT2D eigenvalue weighted by atomic mass is 16.5. The van der Waals surface area contributed by atoms with Crippen molar-refractivity contribution in [1.29, 1.82) is 5.26 Å². The monoisotopic (exact) mass is 336 g/mol. The van der Waals surface area contributed by atoms with Gasteiger partial charge in [0.15, 0.2) is 0 Å². The molecule has 2 aromatic carbocycles. The number of para-hydroxylation sites is 1. The second-order valence-corrected chi connectivity index (χ2v) is 5.24. The smallest absolute Gasteiger partial charge is 0.266 e. The van der Waals surface area contributed by atoms with Crippen LogP contribution in [0.15, 0.2) is 48.0 Å². The van der Waals surface area contributed by atoms with Gasteiger partial charge in [-0.25, -0.2) is 0 Å². The van der Waals surface area contributed by atoms with Crippen molar-refractivity contribution in [1.82, 2.24) is 0 Å². The first-order valence-corrected chi connectivity index (χ1v) is 7.86. The van der Waals surface area contributed by atoms with E-state index in [4.69, 9.17) is 9.47 Å². The van der Waals surface area contributed by atoms with Gasteiger partial charge in [0.05, 0.1) is 14.2 Å². The molecule has 25 heavy (non-hydrogen) atoms. The standard InChI is InChI=1S/C20H20N2O3/c1-4-14-7-5-6-8-18(14)22-20(23)16(13-21)11-15-12-17(24-2)9-10-19(15)25-3/h5-12H,4H2,1-3H3,(H,22,23). The number of nitrogens with one attached hydrogen (secondary N) is 1. The number of nitrogens with zero attached hydrogens (tertiary/aromatic N) is 1. The van der Waals surface area contributed by atoms with Crippen molar-refractivity contribution in [2.75, 3.05) is 19.5 Å². The largest absolute Gasteiger partial charge is 0.497 e. The topological polar surface area (TPSA) is 71.4 Å². The number of amides is 1. The summed E-state index contributed by atoms with van der Waals surface area (Å²) in [5.74, 6) is 0.699. The number of rotatable bonds is 6. The molecule has 0 atom stereocenters. The molecule has 2 aromatic rings. The molecule has 0 aliphatic carbocycles. The Morgan fingerprint density at radius 3 is 2.60 bits per heavy atom. The van der Waals surface area contributed by atoms with Crippen LogP contribution in [0, 0.1) is 11.3 Å². The van der Waals surface area contributed by atoms with E-state index in [0.29, 0.717) is 22.7 Å². The minimum absolute atomic E-state index is 0.0162. The van der Waals surface area contributed by atoms with Gasteiger partial charge in [0, 0.05) is 11.3 Å². The van der Waals surface area contributed by atoms with Crippen LogP contribution >= 0.6 is 0 Å². The van der Waals surface area contributed by atoms with Crippen LogP contribution < -0.4 is 14.8 Å². The molecule has 0 unspecified atom stereocenters. The van der Waals surface area contributed by atoms with Crippen LogP contribution in [0.5, 0.6) is 11.5 Å².